The Hall–Kier alpha value is -1.65. The molecule has 2 aromatic carbocycles. The molecule has 1 N–H and O–H groups in total. The lowest BCUT2D eigenvalue weighted by atomic mass is 10.3. The summed E-state index contributed by atoms with van der Waals surface area (Å²) in [4.78, 5) is 13.2. The molecule has 5 heteroatoms. The number of carbonyl (C=O) groups is 1. The summed E-state index contributed by atoms with van der Waals surface area (Å²) >= 11 is 7.33. The number of rotatable bonds is 5. The second-order valence-corrected chi connectivity index (χ2v) is 6.29. The Balaban J connectivity index is 1.97. The van der Waals surface area contributed by atoms with Crippen molar-refractivity contribution in [2.24, 2.45) is 0 Å². The summed E-state index contributed by atoms with van der Waals surface area (Å²) in [5.41, 5.74) is 0.725. The average Bonchev–Trinajstić information content (AvgIpc) is 2.49. The minimum atomic E-state index is -0.211. The van der Waals surface area contributed by atoms with Crippen molar-refractivity contribution in [3.8, 4) is 5.75 Å². The molecular weight excluding hydrogens is 306 g/mol. The molecule has 2 rings (SSSR count). The van der Waals surface area contributed by atoms with E-state index in [1.165, 1.54) is 11.8 Å². The smallest absolute Gasteiger partial charge is 0.237 e. The normalized spacial score (nSPS) is 11.8. The fourth-order valence-corrected chi connectivity index (χ4v) is 2.71. The van der Waals surface area contributed by atoms with Crippen LogP contribution in [-0.4, -0.2) is 18.3 Å². The van der Waals surface area contributed by atoms with Crippen molar-refractivity contribution in [2.45, 2.75) is 17.1 Å². The largest absolute Gasteiger partial charge is 0.497 e. The van der Waals surface area contributed by atoms with Gasteiger partial charge in [0.15, 0.2) is 0 Å². The fourth-order valence-electron chi connectivity index (χ4n) is 1.72. The molecule has 21 heavy (non-hydrogen) atoms. The van der Waals surface area contributed by atoms with Gasteiger partial charge < -0.3 is 10.1 Å². The van der Waals surface area contributed by atoms with Crippen LogP contribution in [0, 0.1) is 0 Å². The number of ether oxygens (including phenoxy) is 1. The van der Waals surface area contributed by atoms with Crippen molar-refractivity contribution in [3.63, 3.8) is 0 Å². The second kappa shape index (κ2) is 7.38. The van der Waals surface area contributed by atoms with Gasteiger partial charge in [-0.2, -0.15) is 0 Å². The molecule has 2 aromatic rings. The van der Waals surface area contributed by atoms with E-state index in [9.17, 15) is 4.79 Å². The van der Waals surface area contributed by atoms with Crippen LogP contribution in [0.25, 0.3) is 0 Å². The summed E-state index contributed by atoms with van der Waals surface area (Å²) < 4.78 is 5.13. The molecule has 3 nitrogen and oxygen atoms in total. The van der Waals surface area contributed by atoms with Crippen molar-refractivity contribution in [1.29, 1.82) is 0 Å². The molecule has 0 saturated heterocycles. The standard InChI is InChI=1S/C16H16ClNO2S/c1-11(21-15-8-6-12(17)7-9-15)16(19)18-13-4-3-5-14(10-13)20-2/h3-11H,1-2H3,(H,18,19)/t11-/m1/s1. The topological polar surface area (TPSA) is 38.3 Å². The summed E-state index contributed by atoms with van der Waals surface area (Å²) in [5.74, 6) is 0.661. The third kappa shape index (κ3) is 4.69. The Morgan fingerprint density at radius 1 is 1.24 bits per heavy atom. The van der Waals surface area contributed by atoms with Crippen molar-refractivity contribution in [2.75, 3.05) is 12.4 Å². The molecule has 0 spiro atoms. The van der Waals surface area contributed by atoms with E-state index in [1.54, 1.807) is 13.2 Å². The molecule has 0 aromatic heterocycles. The third-order valence-corrected chi connectivity index (χ3v) is 4.20. The lowest BCUT2D eigenvalue weighted by Gasteiger charge is -2.12. The van der Waals surface area contributed by atoms with Crippen LogP contribution in [0.15, 0.2) is 53.4 Å². The SMILES string of the molecule is COc1cccc(NC(=O)[C@@H](C)Sc2ccc(Cl)cc2)c1. The first-order valence-corrected chi connectivity index (χ1v) is 7.71. The maximum absolute atomic E-state index is 12.2. The van der Waals surface area contributed by atoms with Crippen LogP contribution in [0.5, 0.6) is 5.75 Å². The van der Waals surface area contributed by atoms with E-state index < -0.39 is 0 Å². The van der Waals surface area contributed by atoms with Crippen LogP contribution >= 0.6 is 23.4 Å². The Labute approximate surface area is 133 Å². The van der Waals surface area contributed by atoms with Crippen LogP contribution < -0.4 is 10.1 Å². The highest BCUT2D eigenvalue weighted by Crippen LogP contribution is 2.26. The number of hydrogen-bond donors (Lipinski definition) is 1. The molecule has 0 unspecified atom stereocenters. The molecule has 0 saturated carbocycles. The fraction of sp³-hybridized carbons (Fsp3) is 0.188. The molecular formula is C16H16ClNO2S. The molecule has 0 radical (unpaired) electrons. The Morgan fingerprint density at radius 3 is 2.62 bits per heavy atom. The minimum absolute atomic E-state index is 0.0526. The van der Waals surface area contributed by atoms with Gasteiger partial charge in [0.2, 0.25) is 5.91 Å². The van der Waals surface area contributed by atoms with Gasteiger partial charge in [0.05, 0.1) is 12.4 Å². The quantitative estimate of drug-likeness (QED) is 0.826. The summed E-state index contributed by atoms with van der Waals surface area (Å²) in [6.07, 6.45) is 0. The minimum Gasteiger partial charge on any atom is -0.497 e. The van der Waals surface area contributed by atoms with Crippen LogP contribution in [0.1, 0.15) is 6.92 Å². The summed E-state index contributed by atoms with van der Waals surface area (Å²) in [6.45, 7) is 1.87. The molecule has 1 amide bonds. The van der Waals surface area contributed by atoms with E-state index in [1.807, 2.05) is 49.4 Å². The van der Waals surface area contributed by atoms with Gasteiger partial charge in [-0.3, -0.25) is 4.79 Å². The molecule has 0 fully saturated rings. The molecule has 1 atom stereocenters. The number of carbonyl (C=O) groups excluding carboxylic acids is 1. The summed E-state index contributed by atoms with van der Waals surface area (Å²) in [6, 6.07) is 14.7. The number of hydrogen-bond acceptors (Lipinski definition) is 3. The first-order chi connectivity index (χ1) is 10.1. The molecule has 110 valence electrons. The zero-order valence-electron chi connectivity index (χ0n) is 11.8. The van der Waals surface area contributed by atoms with Gasteiger partial charge in [-0.15, -0.1) is 11.8 Å². The number of amides is 1. The van der Waals surface area contributed by atoms with Crippen LogP contribution in [0.3, 0.4) is 0 Å². The highest BCUT2D eigenvalue weighted by Gasteiger charge is 2.14. The van der Waals surface area contributed by atoms with Gasteiger partial charge in [0, 0.05) is 21.7 Å². The lowest BCUT2D eigenvalue weighted by Crippen LogP contribution is -2.22. The number of benzene rings is 2. The number of methoxy groups -OCH3 is 1. The van der Waals surface area contributed by atoms with Gasteiger partial charge in [-0.05, 0) is 43.3 Å². The molecule has 0 aliphatic carbocycles. The van der Waals surface area contributed by atoms with Crippen LogP contribution in [0.4, 0.5) is 5.69 Å². The van der Waals surface area contributed by atoms with Gasteiger partial charge in [0.25, 0.3) is 0 Å². The van der Waals surface area contributed by atoms with E-state index >= 15 is 0 Å². The predicted octanol–water partition coefficient (Wildman–Crippen LogP) is 4.47. The monoisotopic (exact) mass is 321 g/mol. The first-order valence-electron chi connectivity index (χ1n) is 6.45. The van der Waals surface area contributed by atoms with Crippen LogP contribution in [-0.2, 0) is 4.79 Å². The van der Waals surface area contributed by atoms with Crippen molar-refractivity contribution < 1.29 is 9.53 Å². The van der Waals surface area contributed by atoms with Crippen molar-refractivity contribution >= 4 is 35.0 Å². The number of halogens is 1. The van der Waals surface area contributed by atoms with Crippen molar-refractivity contribution in [1.82, 2.24) is 0 Å². The second-order valence-electron chi connectivity index (χ2n) is 4.44. The first kappa shape index (κ1) is 15.7. The van der Waals surface area contributed by atoms with Gasteiger partial charge >= 0.3 is 0 Å². The highest BCUT2D eigenvalue weighted by molar-refractivity contribution is 8.00. The third-order valence-electron chi connectivity index (χ3n) is 2.83. The van der Waals surface area contributed by atoms with E-state index in [0.717, 1.165) is 10.6 Å². The van der Waals surface area contributed by atoms with E-state index in [0.29, 0.717) is 10.8 Å². The Kier molecular flexibility index (Phi) is 5.53. The van der Waals surface area contributed by atoms with Crippen LogP contribution in [0.2, 0.25) is 5.02 Å². The zero-order chi connectivity index (χ0) is 15.2. The van der Waals surface area contributed by atoms with Crippen molar-refractivity contribution in [3.05, 3.63) is 53.6 Å². The maximum Gasteiger partial charge on any atom is 0.237 e. The summed E-state index contributed by atoms with van der Waals surface area (Å²) in [5, 5.41) is 3.36. The van der Waals surface area contributed by atoms with E-state index in [-0.39, 0.29) is 11.2 Å². The number of thioether (sulfide) groups is 1. The van der Waals surface area contributed by atoms with Gasteiger partial charge in [-0.25, -0.2) is 0 Å². The average molecular weight is 322 g/mol. The molecule has 0 aliphatic rings. The summed E-state index contributed by atoms with van der Waals surface area (Å²) in [7, 11) is 1.60. The zero-order valence-corrected chi connectivity index (χ0v) is 13.4. The van der Waals surface area contributed by atoms with Gasteiger partial charge in [-0.1, -0.05) is 17.7 Å². The Morgan fingerprint density at radius 2 is 1.95 bits per heavy atom. The number of nitrogens with one attached hydrogen (secondary N) is 1. The highest BCUT2D eigenvalue weighted by atomic mass is 35.5. The molecule has 0 aliphatic heterocycles. The van der Waals surface area contributed by atoms with Gasteiger partial charge in [0.1, 0.15) is 5.75 Å². The Bertz CT molecular complexity index is 616. The maximum atomic E-state index is 12.2. The van der Waals surface area contributed by atoms with E-state index in [2.05, 4.69) is 5.32 Å². The number of anilines is 1. The predicted molar refractivity (Wildman–Crippen MR) is 88.4 cm³/mol. The molecule has 0 bridgehead atoms. The van der Waals surface area contributed by atoms with E-state index in [4.69, 9.17) is 16.3 Å². The lowest BCUT2D eigenvalue weighted by molar-refractivity contribution is -0.115. The molecule has 0 heterocycles.